The van der Waals surface area contributed by atoms with Crippen LogP contribution in [0.15, 0.2) is 4.99 Å². The van der Waals surface area contributed by atoms with E-state index in [1.165, 1.54) is 11.8 Å². The molecule has 0 radical (unpaired) electrons. The molecule has 16 heavy (non-hydrogen) atoms. The van der Waals surface area contributed by atoms with Crippen LogP contribution in [-0.4, -0.2) is 34.4 Å². The summed E-state index contributed by atoms with van der Waals surface area (Å²) in [4.78, 5) is 25.3. The molecular weight excluding hydrogens is 228 g/mol. The van der Waals surface area contributed by atoms with Crippen LogP contribution in [0.4, 0.5) is 0 Å². The standard InChI is InChI=1S/C10H16N2O3S/c13-8-7-16-10(12-8)11-6-4-2-1-3-5-9(14)15/h1-7H2,(H,14,15)(H,11,12,13). The highest BCUT2D eigenvalue weighted by Crippen LogP contribution is 2.09. The van der Waals surface area contributed by atoms with E-state index >= 15 is 0 Å². The van der Waals surface area contributed by atoms with Crippen molar-refractivity contribution in [2.75, 3.05) is 12.3 Å². The second kappa shape index (κ2) is 7.27. The van der Waals surface area contributed by atoms with Gasteiger partial charge in [-0.1, -0.05) is 24.6 Å². The van der Waals surface area contributed by atoms with Crippen LogP contribution in [0.3, 0.4) is 0 Å². The van der Waals surface area contributed by atoms with E-state index in [-0.39, 0.29) is 12.3 Å². The van der Waals surface area contributed by atoms with E-state index in [1.807, 2.05) is 0 Å². The Bertz CT molecular complexity index is 292. The molecule has 1 rings (SSSR count). The van der Waals surface area contributed by atoms with Crippen molar-refractivity contribution in [1.82, 2.24) is 5.32 Å². The lowest BCUT2D eigenvalue weighted by Gasteiger charge is -1.98. The number of thioether (sulfide) groups is 1. The summed E-state index contributed by atoms with van der Waals surface area (Å²) in [6.45, 7) is 0.704. The van der Waals surface area contributed by atoms with Crippen molar-refractivity contribution in [3.05, 3.63) is 0 Å². The lowest BCUT2D eigenvalue weighted by molar-refractivity contribution is -0.137. The normalized spacial score (nSPS) is 17.8. The number of amides is 1. The van der Waals surface area contributed by atoms with Crippen LogP contribution in [0, 0.1) is 0 Å². The molecule has 0 spiro atoms. The highest BCUT2D eigenvalue weighted by molar-refractivity contribution is 8.15. The minimum Gasteiger partial charge on any atom is -0.481 e. The molecular formula is C10H16N2O3S. The second-order valence-corrected chi connectivity index (χ2v) is 4.55. The van der Waals surface area contributed by atoms with Crippen LogP contribution in [-0.2, 0) is 9.59 Å². The number of carboxylic acids is 1. The average Bonchev–Trinajstić information content (AvgIpc) is 2.62. The lowest BCUT2D eigenvalue weighted by Crippen LogP contribution is -2.20. The van der Waals surface area contributed by atoms with E-state index < -0.39 is 5.97 Å². The van der Waals surface area contributed by atoms with Crippen LogP contribution in [0.25, 0.3) is 0 Å². The summed E-state index contributed by atoms with van der Waals surface area (Å²) >= 11 is 1.43. The highest BCUT2D eigenvalue weighted by atomic mass is 32.2. The van der Waals surface area contributed by atoms with E-state index in [0.717, 1.165) is 30.9 Å². The highest BCUT2D eigenvalue weighted by Gasteiger charge is 2.15. The zero-order chi connectivity index (χ0) is 11.8. The molecule has 90 valence electrons. The Labute approximate surface area is 98.7 Å². The fraction of sp³-hybridized carbons (Fsp3) is 0.700. The van der Waals surface area contributed by atoms with Crippen LogP contribution in [0.1, 0.15) is 32.1 Å². The predicted molar refractivity (Wildman–Crippen MR) is 63.6 cm³/mol. The third-order valence-electron chi connectivity index (χ3n) is 2.14. The monoisotopic (exact) mass is 244 g/mol. The first-order valence-corrected chi connectivity index (χ1v) is 6.36. The van der Waals surface area contributed by atoms with E-state index in [2.05, 4.69) is 10.3 Å². The van der Waals surface area contributed by atoms with Crippen molar-refractivity contribution in [3.8, 4) is 0 Å². The summed E-state index contributed by atoms with van der Waals surface area (Å²) < 4.78 is 0. The van der Waals surface area contributed by atoms with Gasteiger partial charge in [-0.3, -0.25) is 14.6 Å². The summed E-state index contributed by atoms with van der Waals surface area (Å²) in [6, 6.07) is 0. The van der Waals surface area contributed by atoms with E-state index in [4.69, 9.17) is 5.11 Å². The van der Waals surface area contributed by atoms with Crippen molar-refractivity contribution >= 4 is 28.8 Å². The number of aliphatic imine (C=N–C) groups is 1. The molecule has 1 amide bonds. The number of rotatable bonds is 7. The maximum Gasteiger partial charge on any atom is 0.303 e. The molecule has 0 unspecified atom stereocenters. The smallest absolute Gasteiger partial charge is 0.303 e. The van der Waals surface area contributed by atoms with Gasteiger partial charge < -0.3 is 10.4 Å². The third-order valence-corrected chi connectivity index (χ3v) is 3.05. The van der Waals surface area contributed by atoms with E-state index in [1.54, 1.807) is 0 Å². The zero-order valence-electron chi connectivity index (χ0n) is 9.07. The number of carbonyl (C=O) groups excluding carboxylic acids is 1. The molecule has 0 bridgehead atoms. The Balaban J connectivity index is 1.95. The number of carbonyl (C=O) groups is 2. The van der Waals surface area contributed by atoms with Crippen molar-refractivity contribution < 1.29 is 14.7 Å². The van der Waals surface area contributed by atoms with Crippen LogP contribution in [0.2, 0.25) is 0 Å². The SMILES string of the molecule is O=C(O)CCCCCCN=C1NC(=O)CS1. The van der Waals surface area contributed by atoms with E-state index in [9.17, 15) is 9.59 Å². The van der Waals surface area contributed by atoms with Gasteiger partial charge in [0.25, 0.3) is 0 Å². The number of nitrogens with one attached hydrogen (secondary N) is 1. The summed E-state index contributed by atoms with van der Waals surface area (Å²) in [6.07, 6.45) is 3.84. The Morgan fingerprint density at radius 1 is 1.38 bits per heavy atom. The minimum absolute atomic E-state index is 0.0187. The van der Waals surface area contributed by atoms with Crippen LogP contribution < -0.4 is 5.32 Å². The van der Waals surface area contributed by atoms with Gasteiger partial charge in [-0.05, 0) is 12.8 Å². The fourth-order valence-electron chi connectivity index (χ4n) is 1.33. The van der Waals surface area contributed by atoms with Crippen molar-refractivity contribution in [1.29, 1.82) is 0 Å². The second-order valence-electron chi connectivity index (χ2n) is 3.58. The maximum absolute atomic E-state index is 10.8. The van der Waals surface area contributed by atoms with Gasteiger partial charge in [0.2, 0.25) is 5.91 Å². The van der Waals surface area contributed by atoms with E-state index in [0.29, 0.717) is 12.3 Å². The number of hydrogen-bond acceptors (Lipinski definition) is 4. The number of hydrogen-bond donors (Lipinski definition) is 2. The average molecular weight is 244 g/mol. The molecule has 0 aromatic heterocycles. The van der Waals surface area contributed by atoms with Crippen molar-refractivity contribution in [3.63, 3.8) is 0 Å². The number of aliphatic carboxylic acids is 1. The molecule has 5 nitrogen and oxygen atoms in total. The quantitative estimate of drug-likeness (QED) is 0.660. The first kappa shape index (κ1) is 13.0. The van der Waals surface area contributed by atoms with Crippen molar-refractivity contribution in [2.45, 2.75) is 32.1 Å². The van der Waals surface area contributed by atoms with Gasteiger partial charge in [0.05, 0.1) is 5.75 Å². The molecule has 1 aliphatic heterocycles. The number of amidine groups is 1. The van der Waals surface area contributed by atoms with Crippen molar-refractivity contribution in [2.24, 2.45) is 4.99 Å². The predicted octanol–water partition coefficient (Wildman–Crippen LogP) is 1.24. The topological polar surface area (TPSA) is 78.8 Å². The van der Waals surface area contributed by atoms with Gasteiger partial charge >= 0.3 is 5.97 Å². The number of unbranched alkanes of at least 4 members (excludes halogenated alkanes) is 3. The summed E-state index contributed by atoms with van der Waals surface area (Å²) in [5.74, 6) is -0.243. The largest absolute Gasteiger partial charge is 0.481 e. The molecule has 1 saturated heterocycles. The number of carboxylic acid groups (broad SMARTS) is 1. The molecule has 6 heteroatoms. The number of nitrogens with zero attached hydrogens (tertiary/aromatic N) is 1. The first-order chi connectivity index (χ1) is 7.68. The molecule has 1 aliphatic rings. The van der Waals surface area contributed by atoms with Crippen LogP contribution in [0.5, 0.6) is 0 Å². The Morgan fingerprint density at radius 3 is 2.75 bits per heavy atom. The van der Waals surface area contributed by atoms with Gasteiger partial charge in [0.1, 0.15) is 0 Å². The van der Waals surface area contributed by atoms with Gasteiger partial charge in [-0.2, -0.15) is 0 Å². The van der Waals surface area contributed by atoms with Gasteiger partial charge in [-0.15, -0.1) is 0 Å². The molecule has 0 aliphatic carbocycles. The minimum atomic E-state index is -0.731. The zero-order valence-corrected chi connectivity index (χ0v) is 9.89. The van der Waals surface area contributed by atoms with Gasteiger partial charge in [0.15, 0.2) is 5.17 Å². The third kappa shape index (κ3) is 5.75. The molecule has 2 N–H and O–H groups in total. The lowest BCUT2D eigenvalue weighted by atomic mass is 10.1. The summed E-state index contributed by atoms with van der Waals surface area (Å²) in [5.41, 5.74) is 0. The summed E-state index contributed by atoms with van der Waals surface area (Å²) in [5, 5.41) is 11.8. The molecule has 0 aromatic rings. The Morgan fingerprint density at radius 2 is 2.12 bits per heavy atom. The molecule has 0 aromatic carbocycles. The molecule has 1 heterocycles. The van der Waals surface area contributed by atoms with Gasteiger partial charge in [0, 0.05) is 13.0 Å². The van der Waals surface area contributed by atoms with Crippen LogP contribution >= 0.6 is 11.8 Å². The molecule has 1 fully saturated rings. The Kier molecular flexibility index (Phi) is 5.92. The summed E-state index contributed by atoms with van der Waals surface area (Å²) in [7, 11) is 0. The molecule has 0 saturated carbocycles. The Hall–Kier alpha value is -1.04. The fourth-order valence-corrected chi connectivity index (χ4v) is 2.04. The first-order valence-electron chi connectivity index (χ1n) is 5.37. The van der Waals surface area contributed by atoms with Gasteiger partial charge in [-0.25, -0.2) is 0 Å². The maximum atomic E-state index is 10.8. The molecule has 0 atom stereocenters.